The highest BCUT2D eigenvalue weighted by Gasteiger charge is 2.04. The predicted octanol–water partition coefficient (Wildman–Crippen LogP) is 6.45. The third-order valence-electron chi connectivity index (χ3n) is 4.65. The van der Waals surface area contributed by atoms with Crippen molar-refractivity contribution in [2.24, 2.45) is 0 Å². The standard InChI is InChI=1S/C24H34O2/c1-4-6-8-21-10-14-23(15-11-21)18-25-20(3)26-19-24-16-12-22(13-17-24)9-7-5-2/h10-17,20H,4-9,18-19H2,1-3H3. The predicted molar refractivity (Wildman–Crippen MR) is 109 cm³/mol. The Morgan fingerprint density at radius 3 is 1.31 bits per heavy atom. The fourth-order valence-corrected chi connectivity index (χ4v) is 2.84. The van der Waals surface area contributed by atoms with Crippen LogP contribution in [0.2, 0.25) is 0 Å². The van der Waals surface area contributed by atoms with Gasteiger partial charge in [0.05, 0.1) is 13.2 Å². The molecule has 2 nitrogen and oxygen atoms in total. The van der Waals surface area contributed by atoms with E-state index in [4.69, 9.17) is 9.47 Å². The van der Waals surface area contributed by atoms with Crippen molar-refractivity contribution in [3.63, 3.8) is 0 Å². The molecule has 0 saturated heterocycles. The molecular weight excluding hydrogens is 320 g/mol. The summed E-state index contributed by atoms with van der Waals surface area (Å²) in [5, 5.41) is 0. The zero-order valence-electron chi connectivity index (χ0n) is 16.7. The minimum absolute atomic E-state index is 0.213. The second-order valence-corrected chi connectivity index (χ2v) is 7.03. The van der Waals surface area contributed by atoms with Crippen LogP contribution in [0, 0.1) is 0 Å². The molecule has 0 heterocycles. The van der Waals surface area contributed by atoms with Crippen LogP contribution >= 0.6 is 0 Å². The van der Waals surface area contributed by atoms with Gasteiger partial charge in [0.15, 0.2) is 6.29 Å². The van der Waals surface area contributed by atoms with E-state index in [9.17, 15) is 0 Å². The summed E-state index contributed by atoms with van der Waals surface area (Å²) in [5.41, 5.74) is 5.20. The lowest BCUT2D eigenvalue weighted by Gasteiger charge is -2.15. The molecule has 0 N–H and O–H groups in total. The van der Waals surface area contributed by atoms with Gasteiger partial charge in [0, 0.05) is 0 Å². The number of rotatable bonds is 12. The van der Waals surface area contributed by atoms with Crippen LogP contribution in [0.4, 0.5) is 0 Å². The van der Waals surface area contributed by atoms with Crippen LogP contribution in [0.1, 0.15) is 68.7 Å². The molecule has 0 aliphatic carbocycles. The van der Waals surface area contributed by atoms with Gasteiger partial charge in [-0.3, -0.25) is 0 Å². The molecule has 0 atom stereocenters. The first-order chi connectivity index (χ1) is 12.7. The minimum Gasteiger partial charge on any atom is -0.348 e. The summed E-state index contributed by atoms with van der Waals surface area (Å²) < 4.78 is 11.7. The number of aryl methyl sites for hydroxylation is 2. The van der Waals surface area contributed by atoms with E-state index in [1.807, 2.05) is 6.92 Å². The Kier molecular flexibility index (Phi) is 9.44. The summed E-state index contributed by atoms with van der Waals surface area (Å²) >= 11 is 0. The Balaban J connectivity index is 1.69. The first-order valence-electron chi connectivity index (χ1n) is 10.1. The highest BCUT2D eigenvalue weighted by molar-refractivity contribution is 5.23. The number of hydrogen-bond donors (Lipinski definition) is 0. The number of unbranched alkanes of at least 4 members (excludes halogenated alkanes) is 2. The molecular formula is C24H34O2. The van der Waals surface area contributed by atoms with E-state index in [0.29, 0.717) is 13.2 Å². The Hall–Kier alpha value is -1.64. The maximum atomic E-state index is 5.83. The summed E-state index contributed by atoms with van der Waals surface area (Å²) in [6.45, 7) is 7.59. The van der Waals surface area contributed by atoms with Gasteiger partial charge in [0.2, 0.25) is 0 Å². The molecule has 2 heteroatoms. The summed E-state index contributed by atoms with van der Waals surface area (Å²) in [4.78, 5) is 0. The molecule has 0 radical (unpaired) electrons. The molecule has 0 saturated carbocycles. The van der Waals surface area contributed by atoms with Crippen LogP contribution in [-0.4, -0.2) is 6.29 Å². The van der Waals surface area contributed by atoms with Gasteiger partial charge in [-0.25, -0.2) is 0 Å². The molecule has 0 amide bonds. The van der Waals surface area contributed by atoms with Crippen LogP contribution < -0.4 is 0 Å². The van der Waals surface area contributed by atoms with Gasteiger partial charge >= 0.3 is 0 Å². The SMILES string of the molecule is CCCCc1ccc(COC(C)OCc2ccc(CCCC)cc2)cc1. The molecule has 0 bridgehead atoms. The lowest BCUT2D eigenvalue weighted by Crippen LogP contribution is -2.12. The highest BCUT2D eigenvalue weighted by Crippen LogP contribution is 2.12. The van der Waals surface area contributed by atoms with Crippen molar-refractivity contribution in [2.45, 2.75) is 78.8 Å². The average molecular weight is 355 g/mol. The Labute approximate surface area is 159 Å². The maximum absolute atomic E-state index is 5.83. The topological polar surface area (TPSA) is 18.5 Å². The normalized spacial score (nSPS) is 11.2. The second-order valence-electron chi connectivity index (χ2n) is 7.03. The third kappa shape index (κ3) is 7.72. The van der Waals surface area contributed by atoms with Gasteiger partial charge in [0.25, 0.3) is 0 Å². The molecule has 0 fully saturated rings. The zero-order chi connectivity index (χ0) is 18.6. The fraction of sp³-hybridized carbons (Fsp3) is 0.500. The highest BCUT2D eigenvalue weighted by atomic mass is 16.7. The van der Waals surface area contributed by atoms with Crippen molar-refractivity contribution in [3.05, 3.63) is 70.8 Å². The molecule has 0 aliphatic rings. The fourth-order valence-electron chi connectivity index (χ4n) is 2.84. The van der Waals surface area contributed by atoms with Crippen LogP contribution in [0.15, 0.2) is 48.5 Å². The van der Waals surface area contributed by atoms with Crippen molar-refractivity contribution in [3.8, 4) is 0 Å². The van der Waals surface area contributed by atoms with Gasteiger partial charge < -0.3 is 9.47 Å². The number of ether oxygens (including phenoxy) is 2. The molecule has 2 aromatic carbocycles. The van der Waals surface area contributed by atoms with E-state index in [-0.39, 0.29) is 6.29 Å². The maximum Gasteiger partial charge on any atom is 0.155 e. The molecule has 142 valence electrons. The van der Waals surface area contributed by atoms with E-state index >= 15 is 0 Å². The van der Waals surface area contributed by atoms with Crippen LogP contribution in [-0.2, 0) is 35.5 Å². The monoisotopic (exact) mass is 354 g/mol. The second kappa shape index (κ2) is 11.9. The van der Waals surface area contributed by atoms with E-state index in [2.05, 4.69) is 62.4 Å². The van der Waals surface area contributed by atoms with Crippen LogP contribution in [0.3, 0.4) is 0 Å². The largest absolute Gasteiger partial charge is 0.348 e. The molecule has 26 heavy (non-hydrogen) atoms. The Bertz CT molecular complexity index is 546. The lowest BCUT2D eigenvalue weighted by molar-refractivity contribution is -0.144. The van der Waals surface area contributed by atoms with E-state index < -0.39 is 0 Å². The van der Waals surface area contributed by atoms with Crippen molar-refractivity contribution in [1.29, 1.82) is 0 Å². The van der Waals surface area contributed by atoms with Gasteiger partial charge in [-0.15, -0.1) is 0 Å². The quantitative estimate of drug-likeness (QED) is 0.408. The van der Waals surface area contributed by atoms with Crippen LogP contribution in [0.25, 0.3) is 0 Å². The van der Waals surface area contributed by atoms with Gasteiger partial charge in [-0.2, -0.15) is 0 Å². The summed E-state index contributed by atoms with van der Waals surface area (Å²) in [7, 11) is 0. The van der Waals surface area contributed by atoms with Crippen molar-refractivity contribution >= 4 is 0 Å². The van der Waals surface area contributed by atoms with Crippen molar-refractivity contribution in [1.82, 2.24) is 0 Å². The molecule has 0 unspecified atom stereocenters. The summed E-state index contributed by atoms with van der Waals surface area (Å²) in [5.74, 6) is 0. The Morgan fingerprint density at radius 2 is 0.962 bits per heavy atom. The van der Waals surface area contributed by atoms with Gasteiger partial charge in [-0.05, 0) is 54.9 Å². The number of hydrogen-bond acceptors (Lipinski definition) is 2. The van der Waals surface area contributed by atoms with E-state index in [1.54, 1.807) is 0 Å². The van der Waals surface area contributed by atoms with E-state index in [0.717, 1.165) is 12.8 Å². The molecule has 0 spiro atoms. The molecule has 0 aliphatic heterocycles. The third-order valence-corrected chi connectivity index (χ3v) is 4.65. The van der Waals surface area contributed by atoms with Crippen molar-refractivity contribution in [2.75, 3.05) is 0 Å². The molecule has 2 aromatic rings. The minimum atomic E-state index is -0.213. The average Bonchev–Trinajstić information content (AvgIpc) is 2.69. The summed E-state index contributed by atoms with van der Waals surface area (Å²) in [6, 6.07) is 17.5. The van der Waals surface area contributed by atoms with Gasteiger partial charge in [0.1, 0.15) is 0 Å². The zero-order valence-corrected chi connectivity index (χ0v) is 16.7. The lowest BCUT2D eigenvalue weighted by atomic mass is 10.1. The molecule has 0 aromatic heterocycles. The smallest absolute Gasteiger partial charge is 0.155 e. The first kappa shape index (κ1) is 20.7. The van der Waals surface area contributed by atoms with Crippen molar-refractivity contribution < 1.29 is 9.47 Å². The van der Waals surface area contributed by atoms with Gasteiger partial charge in [-0.1, -0.05) is 75.2 Å². The molecule has 2 rings (SSSR count). The Morgan fingerprint density at radius 1 is 0.615 bits per heavy atom. The van der Waals surface area contributed by atoms with Crippen LogP contribution in [0.5, 0.6) is 0 Å². The summed E-state index contributed by atoms with van der Waals surface area (Å²) in [6.07, 6.45) is 7.08. The number of benzene rings is 2. The first-order valence-corrected chi connectivity index (χ1v) is 10.1. The van der Waals surface area contributed by atoms with E-state index in [1.165, 1.54) is 47.9 Å².